The van der Waals surface area contributed by atoms with Crippen LogP contribution >= 0.6 is 0 Å². The van der Waals surface area contributed by atoms with Gasteiger partial charge in [0.2, 0.25) is 5.62 Å². The molecule has 0 aliphatic rings. The minimum Gasteiger partial charge on any atom is -0.365 e. The fourth-order valence-corrected chi connectivity index (χ4v) is 2.81. The molecule has 0 bridgehead atoms. The Morgan fingerprint density at radius 1 is 1.26 bits per heavy atom. The monoisotopic (exact) mass is 374 g/mol. The second kappa shape index (κ2) is 7.42. The van der Waals surface area contributed by atoms with E-state index in [0.717, 1.165) is 6.07 Å². The van der Waals surface area contributed by atoms with Gasteiger partial charge in [-0.15, -0.1) is 0 Å². The standard InChI is InChI=1S/C18H15BF4N4/c1-24-18-26-17(11-6-12(19)13(20)7-14(11)27(18)2)25-8-9-4-3-5-10(15(9)21)16(22)23/h3-7,16H,8H2,1-2H3,(H,24,25,26). The molecule has 27 heavy (non-hydrogen) atoms. The summed E-state index contributed by atoms with van der Waals surface area (Å²) in [6, 6.07) is 6.46. The quantitative estimate of drug-likeness (QED) is 0.564. The fourth-order valence-electron chi connectivity index (χ4n) is 2.81. The van der Waals surface area contributed by atoms with Crippen molar-refractivity contribution in [1.29, 1.82) is 0 Å². The molecule has 9 heteroatoms. The van der Waals surface area contributed by atoms with E-state index in [1.807, 2.05) is 0 Å². The van der Waals surface area contributed by atoms with Gasteiger partial charge in [-0.2, -0.15) is 4.98 Å². The minimum absolute atomic E-state index is 0.0565. The Hall–Kier alpha value is -2.84. The molecule has 3 rings (SSSR count). The van der Waals surface area contributed by atoms with Crippen LogP contribution in [-0.2, 0) is 13.6 Å². The molecule has 2 radical (unpaired) electrons. The molecule has 138 valence electrons. The molecule has 3 aromatic rings. The molecule has 1 heterocycles. The smallest absolute Gasteiger partial charge is 0.266 e. The van der Waals surface area contributed by atoms with Crippen molar-refractivity contribution in [2.45, 2.75) is 13.0 Å². The number of aryl methyl sites for hydroxylation is 1. The largest absolute Gasteiger partial charge is 0.365 e. The van der Waals surface area contributed by atoms with Crippen LogP contribution in [0.5, 0.6) is 0 Å². The average Bonchev–Trinajstić information content (AvgIpc) is 2.63. The molecule has 1 aromatic heterocycles. The molecule has 0 fully saturated rings. The molecule has 0 aliphatic carbocycles. The summed E-state index contributed by atoms with van der Waals surface area (Å²) >= 11 is 0. The lowest BCUT2D eigenvalue weighted by Crippen LogP contribution is -2.25. The van der Waals surface area contributed by atoms with Gasteiger partial charge in [0.05, 0.1) is 11.1 Å². The Morgan fingerprint density at radius 2 is 2.00 bits per heavy atom. The highest BCUT2D eigenvalue weighted by molar-refractivity contribution is 6.33. The van der Waals surface area contributed by atoms with E-state index in [2.05, 4.69) is 15.3 Å². The van der Waals surface area contributed by atoms with Gasteiger partial charge in [0, 0.05) is 31.6 Å². The highest BCUT2D eigenvalue weighted by Gasteiger charge is 2.16. The van der Waals surface area contributed by atoms with Crippen LogP contribution in [0, 0.1) is 11.6 Å². The zero-order chi connectivity index (χ0) is 19.7. The number of anilines is 1. The zero-order valence-corrected chi connectivity index (χ0v) is 14.6. The normalized spacial score (nSPS) is 12.2. The Balaban J connectivity index is 2.07. The van der Waals surface area contributed by atoms with Crippen LogP contribution in [0.25, 0.3) is 10.9 Å². The molecule has 0 aliphatic heterocycles. The van der Waals surface area contributed by atoms with Crippen molar-refractivity contribution in [3.05, 3.63) is 58.7 Å². The summed E-state index contributed by atoms with van der Waals surface area (Å²) in [5, 5.41) is 3.41. The molecule has 0 unspecified atom stereocenters. The maximum atomic E-state index is 14.2. The van der Waals surface area contributed by atoms with Crippen molar-refractivity contribution >= 4 is 30.0 Å². The van der Waals surface area contributed by atoms with Gasteiger partial charge >= 0.3 is 0 Å². The Morgan fingerprint density at radius 3 is 2.67 bits per heavy atom. The van der Waals surface area contributed by atoms with Crippen LogP contribution in [0.15, 0.2) is 35.3 Å². The van der Waals surface area contributed by atoms with E-state index in [9.17, 15) is 17.6 Å². The van der Waals surface area contributed by atoms with E-state index in [4.69, 9.17) is 7.85 Å². The van der Waals surface area contributed by atoms with Gasteiger partial charge in [0.15, 0.2) is 0 Å². The number of hydrogen-bond donors (Lipinski definition) is 1. The van der Waals surface area contributed by atoms with Crippen molar-refractivity contribution < 1.29 is 17.6 Å². The summed E-state index contributed by atoms with van der Waals surface area (Å²) in [6.45, 7) is -0.0946. The van der Waals surface area contributed by atoms with Crippen molar-refractivity contribution in [3.8, 4) is 0 Å². The number of benzene rings is 2. The molecule has 0 saturated heterocycles. The summed E-state index contributed by atoms with van der Waals surface area (Å²) in [5.41, 5.74) is 0.0974. The van der Waals surface area contributed by atoms with E-state index in [1.54, 1.807) is 11.6 Å². The third kappa shape index (κ3) is 3.54. The van der Waals surface area contributed by atoms with E-state index >= 15 is 0 Å². The third-order valence-electron chi connectivity index (χ3n) is 4.23. The lowest BCUT2D eigenvalue weighted by atomic mass is 9.94. The van der Waals surface area contributed by atoms with Gasteiger partial charge < -0.3 is 9.88 Å². The number of hydrogen-bond acceptors (Lipinski definition) is 3. The fraction of sp³-hybridized carbons (Fsp3) is 0.222. The Bertz CT molecular complexity index is 1080. The molecular weight excluding hydrogens is 359 g/mol. The topological polar surface area (TPSA) is 42.2 Å². The van der Waals surface area contributed by atoms with Crippen LogP contribution in [0.4, 0.5) is 23.4 Å². The highest BCUT2D eigenvalue weighted by Crippen LogP contribution is 2.25. The van der Waals surface area contributed by atoms with Crippen LogP contribution in [0.2, 0.25) is 0 Å². The van der Waals surface area contributed by atoms with Gasteiger partial charge in [-0.05, 0) is 6.07 Å². The molecular formula is C18H15BF4N4. The van der Waals surface area contributed by atoms with Crippen LogP contribution in [0.1, 0.15) is 17.6 Å². The maximum Gasteiger partial charge on any atom is 0.266 e. The number of nitrogens with zero attached hydrogens (tertiary/aromatic N) is 3. The maximum absolute atomic E-state index is 14.2. The zero-order valence-electron chi connectivity index (χ0n) is 14.6. The summed E-state index contributed by atoms with van der Waals surface area (Å²) < 4.78 is 55.4. The highest BCUT2D eigenvalue weighted by atomic mass is 19.3. The molecule has 1 N–H and O–H groups in total. The summed E-state index contributed by atoms with van der Waals surface area (Å²) in [7, 11) is 8.85. The molecule has 0 atom stereocenters. The minimum atomic E-state index is -2.91. The molecule has 0 amide bonds. The summed E-state index contributed by atoms with van der Waals surface area (Å²) in [5.74, 6) is -1.28. The first-order chi connectivity index (χ1) is 12.8. The first-order valence-electron chi connectivity index (χ1n) is 8.01. The number of aromatic nitrogens is 2. The van der Waals surface area contributed by atoms with Gasteiger partial charge in [-0.1, -0.05) is 29.7 Å². The second-order valence-electron chi connectivity index (χ2n) is 5.91. The lowest BCUT2D eigenvalue weighted by Gasteiger charge is -2.14. The van der Waals surface area contributed by atoms with E-state index in [1.165, 1.54) is 31.3 Å². The van der Waals surface area contributed by atoms with Crippen LogP contribution in [-0.4, -0.2) is 24.4 Å². The SMILES string of the molecule is [B]c1cc2c(NCc3cccc(C(F)F)c3F)nc(=NC)n(C)c2cc1F. The van der Waals surface area contributed by atoms with Gasteiger partial charge in [-0.25, -0.2) is 17.6 Å². The second-order valence-corrected chi connectivity index (χ2v) is 5.91. The van der Waals surface area contributed by atoms with E-state index in [0.29, 0.717) is 16.5 Å². The predicted octanol–water partition coefficient (Wildman–Crippen LogP) is 2.73. The molecule has 0 saturated carbocycles. The van der Waals surface area contributed by atoms with Crippen molar-refractivity contribution in [1.82, 2.24) is 9.55 Å². The van der Waals surface area contributed by atoms with E-state index < -0.39 is 23.6 Å². The summed E-state index contributed by atoms with van der Waals surface area (Å²) in [4.78, 5) is 8.36. The predicted molar refractivity (Wildman–Crippen MR) is 96.2 cm³/mol. The Kier molecular flexibility index (Phi) is 5.20. The van der Waals surface area contributed by atoms with Crippen molar-refractivity contribution in [3.63, 3.8) is 0 Å². The number of nitrogens with one attached hydrogen (secondary N) is 1. The molecule has 2 aromatic carbocycles. The number of halogens is 4. The average molecular weight is 374 g/mol. The van der Waals surface area contributed by atoms with Crippen molar-refractivity contribution in [2.75, 3.05) is 12.4 Å². The Labute approximate surface area is 154 Å². The van der Waals surface area contributed by atoms with Gasteiger partial charge in [0.1, 0.15) is 25.3 Å². The van der Waals surface area contributed by atoms with Gasteiger partial charge in [-0.3, -0.25) is 4.99 Å². The molecule has 4 nitrogen and oxygen atoms in total. The number of fused-ring (bicyclic) bond motifs is 1. The first kappa shape index (κ1) is 18.9. The first-order valence-corrected chi connectivity index (χ1v) is 8.01. The molecule has 0 spiro atoms. The van der Waals surface area contributed by atoms with Crippen LogP contribution < -0.4 is 16.4 Å². The van der Waals surface area contributed by atoms with Gasteiger partial charge in [0.25, 0.3) is 6.43 Å². The number of alkyl halides is 2. The lowest BCUT2D eigenvalue weighted by molar-refractivity contribution is 0.146. The van der Waals surface area contributed by atoms with E-state index in [-0.39, 0.29) is 23.4 Å². The summed E-state index contributed by atoms with van der Waals surface area (Å²) in [6.07, 6.45) is -2.91. The van der Waals surface area contributed by atoms with Crippen molar-refractivity contribution in [2.24, 2.45) is 12.0 Å². The third-order valence-corrected chi connectivity index (χ3v) is 4.23. The van der Waals surface area contributed by atoms with Crippen LogP contribution in [0.3, 0.4) is 0 Å². The number of rotatable bonds is 4.